The zero-order valence-electron chi connectivity index (χ0n) is 17.7. The molecule has 0 saturated carbocycles. The number of ether oxygens (including phenoxy) is 3. The molecule has 0 aliphatic carbocycles. The van der Waals surface area contributed by atoms with Crippen molar-refractivity contribution in [3.8, 4) is 11.1 Å². The van der Waals surface area contributed by atoms with E-state index >= 15 is 0 Å². The van der Waals surface area contributed by atoms with Crippen LogP contribution in [0.15, 0.2) is 36.4 Å². The van der Waals surface area contributed by atoms with Crippen LogP contribution in [0.2, 0.25) is 0 Å². The fourth-order valence-corrected chi connectivity index (χ4v) is 4.40. The maximum absolute atomic E-state index is 14.3. The summed E-state index contributed by atoms with van der Waals surface area (Å²) in [6, 6.07) is 10.9. The number of hydrogen-bond donors (Lipinski definition) is 0. The van der Waals surface area contributed by atoms with Crippen molar-refractivity contribution in [1.82, 2.24) is 0 Å². The maximum atomic E-state index is 14.3. The molecule has 2 aromatic rings. The van der Waals surface area contributed by atoms with Gasteiger partial charge in [-0.1, -0.05) is 49.7 Å². The fourth-order valence-electron chi connectivity index (χ4n) is 4.40. The normalized spacial score (nSPS) is 27.2. The first kappa shape index (κ1) is 21.4. The van der Waals surface area contributed by atoms with Gasteiger partial charge in [0.25, 0.3) is 0 Å². The summed E-state index contributed by atoms with van der Waals surface area (Å²) in [5.74, 6) is -0.795. The Morgan fingerprint density at radius 2 is 1.60 bits per heavy atom. The van der Waals surface area contributed by atoms with Crippen LogP contribution < -0.4 is 0 Å². The molecular weight excluding hydrogens is 386 g/mol. The van der Waals surface area contributed by atoms with E-state index in [0.717, 1.165) is 44.5 Å². The highest BCUT2D eigenvalue weighted by atomic mass is 19.2. The van der Waals surface area contributed by atoms with E-state index in [1.165, 1.54) is 0 Å². The highest BCUT2D eigenvalue weighted by Crippen LogP contribution is 2.33. The van der Waals surface area contributed by atoms with Gasteiger partial charge in [-0.2, -0.15) is 0 Å². The van der Waals surface area contributed by atoms with Crippen molar-refractivity contribution < 1.29 is 23.0 Å². The van der Waals surface area contributed by atoms with Gasteiger partial charge in [-0.25, -0.2) is 8.78 Å². The molecule has 5 heteroatoms. The van der Waals surface area contributed by atoms with Crippen molar-refractivity contribution in [1.29, 1.82) is 0 Å². The Morgan fingerprint density at radius 1 is 0.867 bits per heavy atom. The van der Waals surface area contributed by atoms with E-state index in [4.69, 9.17) is 14.2 Å². The Morgan fingerprint density at radius 3 is 2.23 bits per heavy atom. The molecular formula is C25H30F2O3. The van der Waals surface area contributed by atoms with Crippen molar-refractivity contribution in [2.75, 3.05) is 19.8 Å². The van der Waals surface area contributed by atoms with Gasteiger partial charge in [0.15, 0.2) is 17.9 Å². The average Bonchev–Trinajstić information content (AvgIpc) is 2.79. The highest BCUT2D eigenvalue weighted by Gasteiger charge is 2.33. The van der Waals surface area contributed by atoms with Gasteiger partial charge in [0, 0.05) is 17.4 Å². The molecule has 2 fully saturated rings. The number of hydrogen-bond acceptors (Lipinski definition) is 3. The van der Waals surface area contributed by atoms with Gasteiger partial charge < -0.3 is 14.2 Å². The minimum Gasteiger partial charge on any atom is -0.372 e. The maximum Gasteiger partial charge on any atom is 0.183 e. The summed E-state index contributed by atoms with van der Waals surface area (Å²) in [7, 11) is 0. The topological polar surface area (TPSA) is 27.7 Å². The van der Waals surface area contributed by atoms with Crippen molar-refractivity contribution >= 4 is 0 Å². The van der Waals surface area contributed by atoms with E-state index in [-0.39, 0.29) is 23.9 Å². The molecule has 0 bridgehead atoms. The van der Waals surface area contributed by atoms with E-state index in [0.29, 0.717) is 23.7 Å². The molecule has 0 amide bonds. The summed E-state index contributed by atoms with van der Waals surface area (Å²) in [6.07, 6.45) is 3.86. The molecule has 4 rings (SSSR count). The molecule has 2 heterocycles. The predicted molar refractivity (Wildman–Crippen MR) is 112 cm³/mol. The second-order valence-corrected chi connectivity index (χ2v) is 8.52. The predicted octanol–water partition coefficient (Wildman–Crippen LogP) is 5.99. The second-order valence-electron chi connectivity index (χ2n) is 8.52. The first-order valence-electron chi connectivity index (χ1n) is 11.0. The Labute approximate surface area is 177 Å². The van der Waals surface area contributed by atoms with Crippen LogP contribution >= 0.6 is 0 Å². The first-order valence-corrected chi connectivity index (χ1v) is 11.0. The quantitative estimate of drug-likeness (QED) is 0.599. The Kier molecular flexibility index (Phi) is 6.81. The van der Waals surface area contributed by atoms with Crippen molar-refractivity contribution in [3.63, 3.8) is 0 Å². The number of rotatable bonds is 5. The standard InChI is InChI=1S/C25H30F2O3/c1-3-4-17-13-29-25(30-14-17)22-12-10-20(15-28-22)18-6-8-19(9-7-18)21-11-5-16(2)23(26)24(21)27/h5-9,11,17,20,22,25H,3-4,10,12-15H2,1-2H3. The van der Waals surface area contributed by atoms with Crippen molar-refractivity contribution in [2.45, 2.75) is 57.8 Å². The van der Waals surface area contributed by atoms with E-state index < -0.39 is 11.6 Å². The van der Waals surface area contributed by atoms with Gasteiger partial charge in [0.2, 0.25) is 0 Å². The third-order valence-corrected chi connectivity index (χ3v) is 6.27. The van der Waals surface area contributed by atoms with Gasteiger partial charge in [-0.05, 0) is 42.9 Å². The Bertz CT molecular complexity index is 836. The van der Waals surface area contributed by atoms with E-state index in [2.05, 4.69) is 6.92 Å². The zero-order valence-corrected chi connectivity index (χ0v) is 17.7. The molecule has 2 aliphatic heterocycles. The van der Waals surface area contributed by atoms with Crippen LogP contribution in [-0.4, -0.2) is 32.2 Å². The minimum absolute atomic E-state index is 0.0206. The second kappa shape index (κ2) is 9.54. The summed E-state index contributed by atoms with van der Waals surface area (Å²) in [5, 5.41) is 0. The number of benzene rings is 2. The zero-order chi connectivity index (χ0) is 21.1. The lowest BCUT2D eigenvalue weighted by molar-refractivity contribution is -0.256. The van der Waals surface area contributed by atoms with Gasteiger partial charge in [0.1, 0.15) is 6.10 Å². The summed E-state index contributed by atoms with van der Waals surface area (Å²) in [4.78, 5) is 0. The molecule has 2 aromatic carbocycles. The minimum atomic E-state index is -0.791. The molecule has 2 saturated heterocycles. The molecule has 0 radical (unpaired) electrons. The lowest BCUT2D eigenvalue weighted by Crippen LogP contribution is -2.43. The Hall–Kier alpha value is -1.82. The molecule has 3 nitrogen and oxygen atoms in total. The van der Waals surface area contributed by atoms with Gasteiger partial charge in [-0.15, -0.1) is 0 Å². The van der Waals surface area contributed by atoms with Crippen LogP contribution in [-0.2, 0) is 14.2 Å². The van der Waals surface area contributed by atoms with E-state index in [9.17, 15) is 8.78 Å². The third-order valence-electron chi connectivity index (χ3n) is 6.27. The van der Waals surface area contributed by atoms with Gasteiger partial charge in [0.05, 0.1) is 19.8 Å². The average molecular weight is 417 g/mol. The number of aryl methyl sites for hydroxylation is 1. The van der Waals surface area contributed by atoms with Crippen molar-refractivity contribution in [3.05, 3.63) is 59.2 Å². The fraction of sp³-hybridized carbons (Fsp3) is 0.520. The Balaban J connectivity index is 1.34. The smallest absolute Gasteiger partial charge is 0.183 e. The highest BCUT2D eigenvalue weighted by molar-refractivity contribution is 5.65. The van der Waals surface area contributed by atoms with Crippen LogP contribution in [0.1, 0.15) is 49.7 Å². The first-order chi connectivity index (χ1) is 14.6. The number of halogens is 2. The molecule has 0 N–H and O–H groups in total. The summed E-state index contributed by atoms with van der Waals surface area (Å²) in [6.45, 7) is 5.85. The molecule has 2 unspecified atom stereocenters. The monoisotopic (exact) mass is 416 g/mol. The van der Waals surface area contributed by atoms with Crippen LogP contribution in [0.3, 0.4) is 0 Å². The molecule has 30 heavy (non-hydrogen) atoms. The SMILES string of the molecule is CCCC1COC(C2CCC(c3ccc(-c4ccc(C)c(F)c4F)cc3)CO2)OC1. The summed E-state index contributed by atoms with van der Waals surface area (Å²) in [5.41, 5.74) is 2.43. The summed E-state index contributed by atoms with van der Waals surface area (Å²) < 4.78 is 46.0. The van der Waals surface area contributed by atoms with Crippen LogP contribution in [0, 0.1) is 24.5 Å². The lowest BCUT2D eigenvalue weighted by atomic mass is 9.90. The summed E-state index contributed by atoms with van der Waals surface area (Å²) >= 11 is 0. The lowest BCUT2D eigenvalue weighted by Gasteiger charge is -2.37. The van der Waals surface area contributed by atoms with Gasteiger partial charge >= 0.3 is 0 Å². The van der Waals surface area contributed by atoms with E-state index in [1.807, 2.05) is 24.3 Å². The molecule has 0 spiro atoms. The molecule has 162 valence electrons. The van der Waals surface area contributed by atoms with Gasteiger partial charge in [-0.3, -0.25) is 0 Å². The van der Waals surface area contributed by atoms with Crippen molar-refractivity contribution in [2.24, 2.45) is 5.92 Å². The van der Waals surface area contributed by atoms with E-state index in [1.54, 1.807) is 19.1 Å². The van der Waals surface area contributed by atoms with Crippen LogP contribution in [0.25, 0.3) is 11.1 Å². The third kappa shape index (κ3) is 4.58. The van der Waals surface area contributed by atoms with Crippen LogP contribution in [0.4, 0.5) is 8.78 Å². The van der Waals surface area contributed by atoms with Crippen LogP contribution in [0.5, 0.6) is 0 Å². The largest absolute Gasteiger partial charge is 0.372 e. The molecule has 2 atom stereocenters. The molecule has 2 aliphatic rings. The molecule has 0 aromatic heterocycles.